The number of halogens is 1. The average molecular weight is 432 g/mol. The van der Waals surface area contributed by atoms with E-state index in [2.05, 4.69) is 26.1 Å². The van der Waals surface area contributed by atoms with Gasteiger partial charge in [0.05, 0.1) is 18.5 Å². The molecule has 0 aliphatic carbocycles. The lowest BCUT2D eigenvalue weighted by molar-refractivity contribution is -0.127. The van der Waals surface area contributed by atoms with E-state index in [-0.39, 0.29) is 5.91 Å². The first-order valence-corrected chi connectivity index (χ1v) is 9.87. The summed E-state index contributed by atoms with van der Waals surface area (Å²) in [5.74, 6) is 1.14. The molecule has 0 aliphatic heterocycles. The van der Waals surface area contributed by atoms with E-state index in [0.717, 1.165) is 26.0 Å². The second kappa shape index (κ2) is 9.00. The highest BCUT2D eigenvalue weighted by molar-refractivity contribution is 9.10. The highest BCUT2D eigenvalue weighted by Crippen LogP contribution is 2.24. The van der Waals surface area contributed by atoms with Gasteiger partial charge in [0.2, 0.25) is 5.91 Å². The van der Waals surface area contributed by atoms with Crippen LogP contribution in [-0.2, 0) is 4.79 Å². The molecule has 0 bridgehead atoms. The molecule has 134 valence electrons. The summed E-state index contributed by atoms with van der Waals surface area (Å²) < 4.78 is 6.66. The predicted molar refractivity (Wildman–Crippen MR) is 108 cm³/mol. The standard InChI is InChI=1S/C19H18BrN3O2S/c1-23(10-11-25-16-8-6-15(20)7-9-16)18(24)13-26-19-17-5-3-2-4-14(17)12-21-22-19/h2-9,12H,10-11,13H2,1H3. The van der Waals surface area contributed by atoms with Gasteiger partial charge in [0.15, 0.2) is 0 Å². The number of thioether (sulfide) groups is 1. The maximum Gasteiger partial charge on any atom is 0.232 e. The summed E-state index contributed by atoms with van der Waals surface area (Å²) >= 11 is 4.79. The average Bonchev–Trinajstić information content (AvgIpc) is 2.67. The molecule has 1 heterocycles. The van der Waals surface area contributed by atoms with E-state index in [0.29, 0.717) is 18.9 Å². The Morgan fingerprint density at radius 1 is 1.19 bits per heavy atom. The van der Waals surface area contributed by atoms with Crippen LogP contribution >= 0.6 is 27.7 Å². The molecular formula is C19H18BrN3O2S. The lowest BCUT2D eigenvalue weighted by atomic mass is 10.2. The fraction of sp³-hybridized carbons (Fsp3) is 0.211. The van der Waals surface area contributed by atoms with Crippen molar-refractivity contribution in [3.63, 3.8) is 0 Å². The molecule has 0 saturated heterocycles. The van der Waals surface area contributed by atoms with Gasteiger partial charge >= 0.3 is 0 Å². The molecule has 0 atom stereocenters. The molecule has 0 fully saturated rings. The molecule has 3 aromatic rings. The van der Waals surface area contributed by atoms with E-state index in [1.54, 1.807) is 18.1 Å². The maximum atomic E-state index is 12.3. The third kappa shape index (κ3) is 4.95. The van der Waals surface area contributed by atoms with Crippen LogP contribution in [0, 0.1) is 0 Å². The summed E-state index contributed by atoms with van der Waals surface area (Å²) in [6.45, 7) is 0.972. The molecule has 1 aromatic heterocycles. The van der Waals surface area contributed by atoms with Gasteiger partial charge in [0, 0.05) is 22.3 Å². The number of rotatable bonds is 7. The van der Waals surface area contributed by atoms with Crippen LogP contribution < -0.4 is 4.74 Å². The van der Waals surface area contributed by atoms with Crippen LogP contribution in [0.1, 0.15) is 0 Å². The number of likely N-dealkylation sites (N-methyl/N-ethyl adjacent to an activating group) is 1. The smallest absolute Gasteiger partial charge is 0.232 e. The van der Waals surface area contributed by atoms with Crippen LogP contribution in [0.5, 0.6) is 5.75 Å². The lowest BCUT2D eigenvalue weighted by Crippen LogP contribution is -2.32. The van der Waals surface area contributed by atoms with E-state index in [9.17, 15) is 4.79 Å². The van der Waals surface area contributed by atoms with Gasteiger partial charge in [0.25, 0.3) is 0 Å². The molecule has 3 rings (SSSR count). The van der Waals surface area contributed by atoms with Gasteiger partial charge in [-0.05, 0) is 24.3 Å². The minimum absolute atomic E-state index is 0.0316. The van der Waals surface area contributed by atoms with Crippen LogP contribution in [-0.4, -0.2) is 47.0 Å². The molecule has 1 amide bonds. The van der Waals surface area contributed by atoms with E-state index < -0.39 is 0 Å². The summed E-state index contributed by atoms with van der Waals surface area (Å²) in [6.07, 6.45) is 1.73. The Labute approximate surface area is 164 Å². The zero-order valence-corrected chi connectivity index (χ0v) is 16.7. The third-order valence-electron chi connectivity index (χ3n) is 3.80. The summed E-state index contributed by atoms with van der Waals surface area (Å²) in [5.41, 5.74) is 0. The maximum absolute atomic E-state index is 12.3. The highest BCUT2D eigenvalue weighted by Gasteiger charge is 2.12. The largest absolute Gasteiger partial charge is 0.492 e. The topological polar surface area (TPSA) is 55.3 Å². The van der Waals surface area contributed by atoms with Crippen molar-refractivity contribution in [3.05, 3.63) is 59.2 Å². The molecule has 7 heteroatoms. The molecule has 0 saturated carbocycles. The number of aromatic nitrogens is 2. The second-order valence-electron chi connectivity index (χ2n) is 5.64. The Morgan fingerprint density at radius 3 is 2.77 bits per heavy atom. The number of carbonyl (C=O) groups excluding carboxylic acids is 1. The van der Waals surface area contributed by atoms with Crippen molar-refractivity contribution in [1.29, 1.82) is 0 Å². The van der Waals surface area contributed by atoms with Gasteiger partial charge in [0.1, 0.15) is 17.4 Å². The zero-order chi connectivity index (χ0) is 18.4. The molecule has 5 nitrogen and oxygen atoms in total. The first-order chi connectivity index (χ1) is 12.6. The first kappa shape index (κ1) is 18.7. The summed E-state index contributed by atoms with van der Waals surface area (Å²) in [5, 5.41) is 11.0. The van der Waals surface area contributed by atoms with E-state index >= 15 is 0 Å². The van der Waals surface area contributed by atoms with Crippen molar-refractivity contribution in [2.45, 2.75) is 5.03 Å². The number of carbonyl (C=O) groups is 1. The van der Waals surface area contributed by atoms with Gasteiger partial charge in [-0.3, -0.25) is 4.79 Å². The Morgan fingerprint density at radius 2 is 1.96 bits per heavy atom. The van der Waals surface area contributed by atoms with Gasteiger partial charge in [-0.15, -0.1) is 5.10 Å². The number of benzene rings is 2. The Balaban J connectivity index is 1.48. The van der Waals surface area contributed by atoms with Crippen LogP contribution in [0.3, 0.4) is 0 Å². The van der Waals surface area contributed by atoms with E-state index in [1.165, 1.54) is 11.8 Å². The van der Waals surface area contributed by atoms with Gasteiger partial charge in [-0.1, -0.05) is 52.0 Å². The number of hydrogen-bond donors (Lipinski definition) is 0. The van der Waals surface area contributed by atoms with Crippen LogP contribution in [0.4, 0.5) is 0 Å². The van der Waals surface area contributed by atoms with Crippen molar-refractivity contribution >= 4 is 44.4 Å². The zero-order valence-electron chi connectivity index (χ0n) is 14.3. The summed E-state index contributed by atoms with van der Waals surface area (Å²) in [7, 11) is 1.78. The SMILES string of the molecule is CN(CCOc1ccc(Br)cc1)C(=O)CSc1nncc2ccccc12. The molecule has 0 spiro atoms. The monoisotopic (exact) mass is 431 g/mol. The van der Waals surface area contributed by atoms with E-state index in [1.807, 2.05) is 48.5 Å². The number of fused-ring (bicyclic) bond motifs is 1. The first-order valence-electron chi connectivity index (χ1n) is 8.09. The number of ether oxygens (including phenoxy) is 1. The minimum Gasteiger partial charge on any atom is -0.492 e. The molecule has 0 aliphatic rings. The normalized spacial score (nSPS) is 10.7. The van der Waals surface area contributed by atoms with Gasteiger partial charge in [-0.2, -0.15) is 5.10 Å². The summed E-state index contributed by atoms with van der Waals surface area (Å²) in [4.78, 5) is 14.0. The van der Waals surface area contributed by atoms with Crippen molar-refractivity contribution in [3.8, 4) is 5.75 Å². The number of hydrogen-bond acceptors (Lipinski definition) is 5. The van der Waals surface area contributed by atoms with Crippen molar-refractivity contribution in [2.75, 3.05) is 26.0 Å². The fourth-order valence-electron chi connectivity index (χ4n) is 2.30. The van der Waals surface area contributed by atoms with Crippen molar-refractivity contribution in [1.82, 2.24) is 15.1 Å². The predicted octanol–water partition coefficient (Wildman–Crippen LogP) is 4.02. The van der Waals surface area contributed by atoms with Crippen molar-refractivity contribution in [2.24, 2.45) is 0 Å². The quantitative estimate of drug-likeness (QED) is 0.528. The Hall–Kier alpha value is -2.12. The van der Waals surface area contributed by atoms with Crippen LogP contribution in [0.15, 0.2) is 64.2 Å². The molecule has 0 N–H and O–H groups in total. The molecular weight excluding hydrogens is 414 g/mol. The van der Waals surface area contributed by atoms with Crippen LogP contribution in [0.25, 0.3) is 10.8 Å². The third-order valence-corrected chi connectivity index (χ3v) is 5.30. The fourth-order valence-corrected chi connectivity index (χ4v) is 3.50. The van der Waals surface area contributed by atoms with Gasteiger partial charge in [-0.25, -0.2) is 0 Å². The molecule has 26 heavy (non-hydrogen) atoms. The second-order valence-corrected chi connectivity index (χ2v) is 7.52. The lowest BCUT2D eigenvalue weighted by Gasteiger charge is -2.17. The summed E-state index contributed by atoms with van der Waals surface area (Å²) in [6, 6.07) is 15.5. The highest BCUT2D eigenvalue weighted by atomic mass is 79.9. The van der Waals surface area contributed by atoms with Gasteiger partial charge < -0.3 is 9.64 Å². The van der Waals surface area contributed by atoms with Crippen molar-refractivity contribution < 1.29 is 9.53 Å². The minimum atomic E-state index is 0.0316. The Kier molecular flexibility index (Phi) is 6.46. The molecule has 0 unspecified atom stereocenters. The molecule has 0 radical (unpaired) electrons. The number of nitrogens with zero attached hydrogens (tertiary/aromatic N) is 3. The Bertz CT molecular complexity index is 884. The number of amides is 1. The van der Waals surface area contributed by atoms with E-state index in [4.69, 9.17) is 4.74 Å². The van der Waals surface area contributed by atoms with Crippen LogP contribution in [0.2, 0.25) is 0 Å². The molecule has 2 aromatic carbocycles.